The van der Waals surface area contributed by atoms with Crippen molar-refractivity contribution in [1.29, 1.82) is 0 Å². The predicted octanol–water partition coefficient (Wildman–Crippen LogP) is 3.33. The number of fused-ring (bicyclic) bond motifs is 1. The summed E-state index contributed by atoms with van der Waals surface area (Å²) in [7, 11) is -3.88. The second-order valence-electron chi connectivity index (χ2n) is 5.57. The molecular formula is C18H18N2O3S. The van der Waals surface area contributed by atoms with E-state index in [-0.39, 0.29) is 5.75 Å². The fourth-order valence-electron chi connectivity index (χ4n) is 2.52. The Morgan fingerprint density at radius 2 is 1.88 bits per heavy atom. The maximum Gasteiger partial charge on any atom is 0.264 e. The molecule has 0 bridgehead atoms. The number of nitrogens with zero attached hydrogens (tertiary/aromatic N) is 2. The van der Waals surface area contributed by atoms with Crippen LogP contribution in [0.1, 0.15) is 12.0 Å². The first-order chi connectivity index (χ1) is 11.5. The number of hydrogen-bond acceptors (Lipinski definition) is 4. The molecule has 2 aliphatic heterocycles. The van der Waals surface area contributed by atoms with Crippen LogP contribution in [0.4, 0.5) is 5.69 Å². The van der Waals surface area contributed by atoms with Crippen molar-refractivity contribution in [1.82, 2.24) is 4.90 Å². The average Bonchev–Trinajstić information content (AvgIpc) is 2.96. The quantitative estimate of drug-likeness (QED) is 0.833. The second-order valence-corrected chi connectivity index (χ2v) is 7.14. The number of benzene rings is 1. The van der Waals surface area contributed by atoms with Crippen LogP contribution in [0.3, 0.4) is 0 Å². The molecule has 5 nitrogen and oxygen atoms in total. The normalized spacial score (nSPS) is 17.6. The van der Waals surface area contributed by atoms with Crippen LogP contribution in [-0.4, -0.2) is 36.4 Å². The first-order valence-corrected chi connectivity index (χ1v) is 9.25. The zero-order valence-electron chi connectivity index (χ0n) is 13.0. The summed E-state index contributed by atoms with van der Waals surface area (Å²) < 4.78 is 30.1. The van der Waals surface area contributed by atoms with Crippen LogP contribution in [0.5, 0.6) is 0 Å². The maximum absolute atomic E-state index is 10.7. The lowest BCUT2D eigenvalue weighted by molar-refractivity contribution is 0.464. The maximum atomic E-state index is 10.7. The molecule has 6 heteroatoms. The van der Waals surface area contributed by atoms with Crippen LogP contribution in [0.25, 0.3) is 5.57 Å². The SMILES string of the molecule is O=S(=O)(O)CCCN1C=CC(=C/C=C2/C=Nc3ccccc32)C=C1. The van der Waals surface area contributed by atoms with E-state index in [0.717, 1.165) is 22.4 Å². The van der Waals surface area contributed by atoms with Crippen molar-refractivity contribution in [2.75, 3.05) is 12.3 Å². The first-order valence-electron chi connectivity index (χ1n) is 7.64. The molecule has 1 aromatic carbocycles. The van der Waals surface area contributed by atoms with Crippen molar-refractivity contribution < 1.29 is 13.0 Å². The van der Waals surface area contributed by atoms with Gasteiger partial charge >= 0.3 is 0 Å². The molecule has 0 atom stereocenters. The predicted molar refractivity (Wildman–Crippen MR) is 96.7 cm³/mol. The molecule has 0 spiro atoms. The van der Waals surface area contributed by atoms with Gasteiger partial charge in [-0.1, -0.05) is 30.4 Å². The van der Waals surface area contributed by atoms with Crippen LogP contribution in [0.2, 0.25) is 0 Å². The Labute approximate surface area is 141 Å². The van der Waals surface area contributed by atoms with E-state index in [9.17, 15) is 8.42 Å². The van der Waals surface area contributed by atoms with E-state index in [1.165, 1.54) is 0 Å². The van der Waals surface area contributed by atoms with E-state index in [0.29, 0.717) is 13.0 Å². The van der Waals surface area contributed by atoms with Crippen LogP contribution < -0.4 is 0 Å². The number of rotatable bonds is 5. The number of aliphatic imine (C=N–C) groups is 1. The monoisotopic (exact) mass is 342 g/mol. The van der Waals surface area contributed by atoms with E-state index < -0.39 is 10.1 Å². The fourth-order valence-corrected chi connectivity index (χ4v) is 3.01. The molecule has 3 rings (SSSR count). The fraction of sp³-hybridized carbons (Fsp3) is 0.167. The summed E-state index contributed by atoms with van der Waals surface area (Å²) in [6.07, 6.45) is 14.0. The van der Waals surface area contributed by atoms with Gasteiger partial charge in [-0.25, -0.2) is 0 Å². The van der Waals surface area contributed by atoms with Crippen molar-refractivity contribution in [2.24, 2.45) is 4.99 Å². The molecule has 0 aromatic heterocycles. The molecule has 24 heavy (non-hydrogen) atoms. The van der Waals surface area contributed by atoms with Gasteiger partial charge in [-0.3, -0.25) is 9.55 Å². The molecular weight excluding hydrogens is 324 g/mol. The molecule has 0 saturated heterocycles. The van der Waals surface area contributed by atoms with Crippen LogP contribution >= 0.6 is 0 Å². The van der Waals surface area contributed by atoms with E-state index in [4.69, 9.17) is 4.55 Å². The summed E-state index contributed by atoms with van der Waals surface area (Å²) in [4.78, 5) is 6.26. The summed E-state index contributed by atoms with van der Waals surface area (Å²) in [6.45, 7) is 0.543. The molecule has 1 N–H and O–H groups in total. The van der Waals surface area contributed by atoms with Gasteiger partial charge in [0.25, 0.3) is 10.1 Å². The Morgan fingerprint density at radius 3 is 2.62 bits per heavy atom. The van der Waals surface area contributed by atoms with Gasteiger partial charge in [-0.15, -0.1) is 0 Å². The third kappa shape index (κ3) is 4.31. The van der Waals surface area contributed by atoms with Gasteiger partial charge in [0.1, 0.15) is 0 Å². The lowest BCUT2D eigenvalue weighted by Gasteiger charge is -2.18. The Kier molecular flexibility index (Phi) is 4.78. The summed E-state index contributed by atoms with van der Waals surface area (Å²) in [5, 5.41) is 0. The van der Waals surface area contributed by atoms with Gasteiger partial charge in [0.05, 0.1) is 11.4 Å². The van der Waals surface area contributed by atoms with Crippen molar-refractivity contribution in [3.8, 4) is 0 Å². The van der Waals surface area contributed by atoms with Gasteiger partial charge < -0.3 is 4.90 Å². The summed E-state index contributed by atoms with van der Waals surface area (Å²) in [6, 6.07) is 8.01. The Bertz CT molecular complexity index is 861. The summed E-state index contributed by atoms with van der Waals surface area (Å²) >= 11 is 0. The molecule has 0 fully saturated rings. The number of allylic oxidation sites excluding steroid dienone is 6. The Balaban J connectivity index is 1.60. The Morgan fingerprint density at radius 1 is 1.12 bits per heavy atom. The number of para-hydroxylation sites is 1. The van der Waals surface area contributed by atoms with Gasteiger partial charge in [0.2, 0.25) is 0 Å². The van der Waals surface area contributed by atoms with E-state index in [2.05, 4.69) is 11.1 Å². The Hall–Kier alpha value is -2.44. The highest BCUT2D eigenvalue weighted by Gasteiger charge is 2.10. The van der Waals surface area contributed by atoms with Gasteiger partial charge in [0.15, 0.2) is 0 Å². The standard InChI is InChI=1S/C18H18N2O3S/c21-24(22,23)13-3-10-20-11-8-15(9-12-20)6-7-16-14-19-18-5-2-1-4-17(16)18/h1-2,4-9,11-12,14H,3,10,13H2,(H,21,22,23)/b16-7-. The van der Waals surface area contributed by atoms with Gasteiger partial charge in [-0.2, -0.15) is 8.42 Å². The molecule has 0 unspecified atom stereocenters. The minimum Gasteiger partial charge on any atom is -0.354 e. The molecule has 0 saturated carbocycles. The second kappa shape index (κ2) is 6.98. The van der Waals surface area contributed by atoms with E-state index in [1.54, 1.807) is 0 Å². The topological polar surface area (TPSA) is 70.0 Å². The first kappa shape index (κ1) is 16.4. The highest BCUT2D eigenvalue weighted by atomic mass is 32.2. The highest BCUT2D eigenvalue weighted by Crippen LogP contribution is 2.30. The highest BCUT2D eigenvalue weighted by molar-refractivity contribution is 7.85. The van der Waals surface area contributed by atoms with Crippen molar-refractivity contribution in [2.45, 2.75) is 6.42 Å². The van der Waals surface area contributed by atoms with Gasteiger partial charge in [-0.05, 0) is 30.2 Å². The molecule has 0 radical (unpaired) electrons. The van der Waals surface area contributed by atoms with E-state index in [1.807, 2.05) is 66.0 Å². The molecule has 2 aliphatic rings. The third-order valence-electron chi connectivity index (χ3n) is 3.75. The summed E-state index contributed by atoms with van der Waals surface area (Å²) in [5.74, 6) is -0.223. The zero-order valence-corrected chi connectivity index (χ0v) is 13.9. The molecule has 0 aliphatic carbocycles. The average molecular weight is 342 g/mol. The van der Waals surface area contributed by atoms with Gasteiger partial charge in [0, 0.05) is 36.3 Å². The number of hydrogen-bond donors (Lipinski definition) is 1. The van der Waals surface area contributed by atoms with Crippen molar-refractivity contribution in [3.63, 3.8) is 0 Å². The minimum absolute atomic E-state index is 0.223. The lowest BCUT2D eigenvalue weighted by atomic mass is 10.1. The summed E-state index contributed by atoms with van der Waals surface area (Å²) in [5.41, 5.74) is 4.24. The van der Waals surface area contributed by atoms with Crippen LogP contribution in [-0.2, 0) is 10.1 Å². The minimum atomic E-state index is -3.88. The molecule has 0 amide bonds. The van der Waals surface area contributed by atoms with Crippen molar-refractivity contribution >= 4 is 27.6 Å². The van der Waals surface area contributed by atoms with Crippen LogP contribution in [0.15, 0.2) is 71.5 Å². The van der Waals surface area contributed by atoms with Crippen molar-refractivity contribution in [3.05, 3.63) is 72.1 Å². The molecule has 2 heterocycles. The van der Waals surface area contributed by atoms with E-state index >= 15 is 0 Å². The largest absolute Gasteiger partial charge is 0.354 e. The zero-order chi connectivity index (χ0) is 17.0. The molecule has 124 valence electrons. The molecule has 1 aromatic rings. The third-order valence-corrected chi connectivity index (χ3v) is 4.55. The smallest absolute Gasteiger partial charge is 0.264 e. The lowest BCUT2D eigenvalue weighted by Crippen LogP contribution is -2.16. The van der Waals surface area contributed by atoms with Crippen LogP contribution in [0, 0.1) is 0 Å².